The van der Waals surface area contributed by atoms with Crippen molar-refractivity contribution in [3.8, 4) is 5.75 Å². The highest BCUT2D eigenvalue weighted by Gasteiger charge is 2.18. The highest BCUT2D eigenvalue weighted by Crippen LogP contribution is 2.33. The number of anilines is 1. The minimum Gasteiger partial charge on any atom is -0.485 e. The van der Waals surface area contributed by atoms with Gasteiger partial charge in [0.25, 0.3) is 5.91 Å². The van der Waals surface area contributed by atoms with Crippen LogP contribution in [-0.4, -0.2) is 15.7 Å². The van der Waals surface area contributed by atoms with Crippen molar-refractivity contribution < 1.29 is 13.9 Å². The molecule has 4 aromatic rings. The molecule has 10 heteroatoms. The van der Waals surface area contributed by atoms with Crippen LogP contribution in [0.1, 0.15) is 52.8 Å². The number of carbonyl (C=O) groups is 1. The van der Waals surface area contributed by atoms with Crippen molar-refractivity contribution in [1.29, 1.82) is 0 Å². The summed E-state index contributed by atoms with van der Waals surface area (Å²) in [6.07, 6.45) is 1.58. The molecule has 1 N–H and O–H groups in total. The maximum atomic E-state index is 12.7. The van der Waals surface area contributed by atoms with E-state index in [1.807, 2.05) is 19.1 Å². The Kier molecular flexibility index (Phi) is 8.20. The summed E-state index contributed by atoms with van der Waals surface area (Å²) < 4.78 is 13.2. The van der Waals surface area contributed by atoms with E-state index in [0.717, 1.165) is 16.9 Å². The zero-order valence-electron chi connectivity index (χ0n) is 19.7. The van der Waals surface area contributed by atoms with Gasteiger partial charge in [0.15, 0.2) is 11.6 Å². The number of carbonyl (C=O) groups excluding carboxylic acids is 1. The van der Waals surface area contributed by atoms with Crippen LogP contribution in [0, 0.1) is 6.92 Å². The van der Waals surface area contributed by atoms with Gasteiger partial charge in [0.2, 0.25) is 0 Å². The van der Waals surface area contributed by atoms with Crippen LogP contribution in [0.15, 0.2) is 53.1 Å². The lowest BCUT2D eigenvalue weighted by molar-refractivity contribution is 0.0992. The van der Waals surface area contributed by atoms with Crippen LogP contribution < -0.4 is 10.1 Å². The minimum absolute atomic E-state index is 0.102. The van der Waals surface area contributed by atoms with Gasteiger partial charge in [-0.3, -0.25) is 9.48 Å². The molecular weight excluding hydrogens is 544 g/mol. The van der Waals surface area contributed by atoms with E-state index in [1.165, 1.54) is 0 Å². The number of halogens is 4. The Morgan fingerprint density at radius 1 is 1.06 bits per heavy atom. The van der Waals surface area contributed by atoms with Crippen molar-refractivity contribution in [2.45, 2.75) is 39.8 Å². The van der Waals surface area contributed by atoms with E-state index < -0.39 is 5.91 Å². The quantitative estimate of drug-likeness (QED) is 0.232. The van der Waals surface area contributed by atoms with Crippen LogP contribution in [0.25, 0.3) is 0 Å². The predicted molar refractivity (Wildman–Crippen MR) is 144 cm³/mol. The molecule has 6 nitrogen and oxygen atoms in total. The van der Waals surface area contributed by atoms with Crippen molar-refractivity contribution >= 4 is 58.1 Å². The third kappa shape index (κ3) is 6.01. The smallest absolute Gasteiger partial charge is 0.292 e. The number of hydrogen-bond acceptors (Lipinski definition) is 4. The van der Waals surface area contributed by atoms with Gasteiger partial charge in [-0.2, -0.15) is 5.10 Å². The van der Waals surface area contributed by atoms with Crippen LogP contribution in [0.3, 0.4) is 0 Å². The fraction of sp³-hybridized carbons (Fsp3) is 0.231. The molecule has 0 radical (unpaired) electrons. The van der Waals surface area contributed by atoms with Gasteiger partial charge in [-0.05, 0) is 60.4 Å². The number of benzene rings is 2. The molecule has 0 atom stereocenters. The van der Waals surface area contributed by atoms with Crippen molar-refractivity contribution in [3.63, 3.8) is 0 Å². The summed E-state index contributed by atoms with van der Waals surface area (Å²) in [5.74, 6) is 1.25. The molecule has 188 valence electrons. The molecule has 2 aromatic carbocycles. The molecule has 1 amide bonds. The number of amides is 1. The van der Waals surface area contributed by atoms with Crippen LogP contribution in [0.5, 0.6) is 5.75 Å². The second kappa shape index (κ2) is 11.2. The van der Waals surface area contributed by atoms with Crippen LogP contribution in [0.2, 0.25) is 20.1 Å². The lowest BCUT2D eigenvalue weighted by atomic mass is 10.0. The van der Waals surface area contributed by atoms with Gasteiger partial charge in [0.05, 0.1) is 6.54 Å². The highest BCUT2D eigenvalue weighted by molar-refractivity contribution is 6.36. The van der Waals surface area contributed by atoms with Crippen molar-refractivity contribution in [1.82, 2.24) is 9.78 Å². The molecule has 0 aliphatic heterocycles. The standard InChI is InChI=1S/C26H23Cl4N3O3/c1-14(2)17-10-21(29)15(3)9-24(17)35-13-16-7-8-23(36-16)26(34)31-25-22(30)12-33(32-25)11-18-19(27)5-4-6-20(18)28/h4-10,12,14H,11,13H2,1-3H3,(H,31,32,34). The Bertz CT molecular complexity index is 1390. The number of ether oxygens (including phenoxy) is 1. The van der Waals surface area contributed by atoms with Gasteiger partial charge in [0.1, 0.15) is 23.1 Å². The molecule has 2 aromatic heterocycles. The SMILES string of the molecule is Cc1cc(OCc2ccc(C(=O)Nc3nn(Cc4c(Cl)cccc4Cl)cc3Cl)o2)c(C(C)C)cc1Cl. The van der Waals surface area contributed by atoms with Crippen molar-refractivity contribution in [2.24, 2.45) is 0 Å². The number of hydrogen-bond donors (Lipinski definition) is 1. The molecule has 4 rings (SSSR count). The number of nitrogens with one attached hydrogen (secondary N) is 1. The molecule has 0 fully saturated rings. The fourth-order valence-electron chi connectivity index (χ4n) is 3.55. The van der Waals surface area contributed by atoms with Gasteiger partial charge in [-0.15, -0.1) is 0 Å². The van der Waals surface area contributed by atoms with E-state index in [2.05, 4.69) is 24.3 Å². The molecule has 0 saturated carbocycles. The maximum absolute atomic E-state index is 12.7. The van der Waals surface area contributed by atoms with Crippen molar-refractivity contribution in [2.75, 3.05) is 5.32 Å². The van der Waals surface area contributed by atoms with Gasteiger partial charge in [-0.25, -0.2) is 0 Å². The zero-order valence-corrected chi connectivity index (χ0v) is 22.8. The Labute approximate surface area is 229 Å². The maximum Gasteiger partial charge on any atom is 0.292 e. The molecule has 0 aliphatic carbocycles. The monoisotopic (exact) mass is 565 g/mol. The Morgan fingerprint density at radius 2 is 1.78 bits per heavy atom. The number of nitrogens with zero attached hydrogens (tertiary/aromatic N) is 2. The van der Waals surface area contributed by atoms with Crippen LogP contribution >= 0.6 is 46.4 Å². The Morgan fingerprint density at radius 3 is 2.47 bits per heavy atom. The second-order valence-electron chi connectivity index (χ2n) is 8.53. The molecule has 0 aliphatic rings. The Hall–Kier alpha value is -2.64. The first-order valence-electron chi connectivity index (χ1n) is 11.1. The molecule has 0 bridgehead atoms. The van der Waals surface area contributed by atoms with Crippen LogP contribution in [-0.2, 0) is 13.2 Å². The van der Waals surface area contributed by atoms with E-state index in [9.17, 15) is 4.79 Å². The van der Waals surface area contributed by atoms with Crippen LogP contribution in [0.4, 0.5) is 5.82 Å². The Balaban J connectivity index is 1.42. The number of furan rings is 1. The van der Waals surface area contributed by atoms with E-state index in [-0.39, 0.29) is 29.1 Å². The first-order valence-corrected chi connectivity index (χ1v) is 12.6. The second-order valence-corrected chi connectivity index (χ2v) is 10.2. The summed E-state index contributed by atoms with van der Waals surface area (Å²) in [5.41, 5.74) is 2.62. The summed E-state index contributed by atoms with van der Waals surface area (Å²) in [6, 6.07) is 12.3. The summed E-state index contributed by atoms with van der Waals surface area (Å²) in [5, 5.41) is 8.99. The third-order valence-electron chi connectivity index (χ3n) is 5.50. The average Bonchev–Trinajstić information content (AvgIpc) is 3.43. The molecule has 0 unspecified atom stereocenters. The van der Waals surface area contributed by atoms with Crippen molar-refractivity contribution in [3.05, 3.63) is 97.0 Å². The van der Waals surface area contributed by atoms with E-state index in [0.29, 0.717) is 32.9 Å². The minimum atomic E-state index is -0.491. The van der Waals surface area contributed by atoms with Gasteiger partial charge < -0.3 is 14.5 Å². The summed E-state index contributed by atoms with van der Waals surface area (Å²) >= 11 is 25.0. The van der Waals surface area contributed by atoms with E-state index in [4.69, 9.17) is 55.6 Å². The third-order valence-corrected chi connectivity index (χ3v) is 6.89. The lowest BCUT2D eigenvalue weighted by Crippen LogP contribution is -2.12. The molecular formula is C26H23Cl4N3O3. The summed E-state index contributed by atoms with van der Waals surface area (Å²) in [6.45, 7) is 6.50. The van der Waals surface area contributed by atoms with Gasteiger partial charge >= 0.3 is 0 Å². The molecule has 2 heterocycles. The number of rotatable bonds is 8. The lowest BCUT2D eigenvalue weighted by Gasteiger charge is -2.15. The molecule has 0 spiro atoms. The normalized spacial score (nSPS) is 11.2. The zero-order chi connectivity index (χ0) is 26.0. The first kappa shape index (κ1) is 26.4. The number of aryl methyl sites for hydroxylation is 1. The topological polar surface area (TPSA) is 69.3 Å². The molecule has 0 saturated heterocycles. The summed E-state index contributed by atoms with van der Waals surface area (Å²) in [7, 11) is 0. The summed E-state index contributed by atoms with van der Waals surface area (Å²) in [4.78, 5) is 12.7. The van der Waals surface area contributed by atoms with E-state index in [1.54, 1.807) is 41.2 Å². The largest absolute Gasteiger partial charge is 0.485 e. The van der Waals surface area contributed by atoms with Gasteiger partial charge in [-0.1, -0.05) is 66.3 Å². The van der Waals surface area contributed by atoms with E-state index >= 15 is 0 Å². The van der Waals surface area contributed by atoms with Gasteiger partial charge in [0, 0.05) is 26.8 Å². The average molecular weight is 567 g/mol. The highest BCUT2D eigenvalue weighted by atomic mass is 35.5. The number of aromatic nitrogens is 2. The fourth-order valence-corrected chi connectivity index (χ4v) is 4.44. The predicted octanol–water partition coefficient (Wildman–Crippen LogP) is 8.40. The first-order chi connectivity index (χ1) is 17.1. The molecule has 36 heavy (non-hydrogen) atoms.